The van der Waals surface area contributed by atoms with Gasteiger partial charge in [-0.15, -0.1) is 0 Å². The molecule has 2 amide bonds. The van der Waals surface area contributed by atoms with Crippen molar-refractivity contribution >= 4 is 29.4 Å². The van der Waals surface area contributed by atoms with E-state index in [2.05, 4.69) is 17.6 Å². The smallest absolute Gasteiger partial charge is 0.315 e. The largest absolute Gasteiger partial charge is 0.394 e. The van der Waals surface area contributed by atoms with E-state index >= 15 is 0 Å². The molecule has 3 N–H and O–H groups in total. The van der Waals surface area contributed by atoms with E-state index in [0.717, 1.165) is 17.9 Å². The number of amides is 2. The number of carbonyl (C=O) groups excluding carboxylic acids is 1. The Balaban J connectivity index is 2.54. The highest BCUT2D eigenvalue weighted by Crippen LogP contribution is 2.20. The number of halogens is 2. The van der Waals surface area contributed by atoms with Crippen molar-refractivity contribution < 1.29 is 14.3 Å². The summed E-state index contributed by atoms with van der Waals surface area (Å²) < 4.78 is 13.5. The van der Waals surface area contributed by atoms with E-state index in [-0.39, 0.29) is 23.7 Å². The topological polar surface area (TPSA) is 61.4 Å². The Labute approximate surface area is 139 Å². The SMILES string of the molecule is CCSCCC(C)NC(=O)NC(CO)c1ccc(Cl)c(F)c1. The van der Waals surface area contributed by atoms with Crippen molar-refractivity contribution in [3.8, 4) is 0 Å². The van der Waals surface area contributed by atoms with Crippen molar-refractivity contribution in [3.05, 3.63) is 34.6 Å². The van der Waals surface area contributed by atoms with Gasteiger partial charge in [0.2, 0.25) is 0 Å². The Morgan fingerprint density at radius 2 is 2.18 bits per heavy atom. The van der Waals surface area contributed by atoms with Gasteiger partial charge in [-0.05, 0) is 42.5 Å². The van der Waals surface area contributed by atoms with Crippen LogP contribution < -0.4 is 10.6 Å². The highest BCUT2D eigenvalue weighted by molar-refractivity contribution is 7.99. The molecule has 22 heavy (non-hydrogen) atoms. The molecule has 0 radical (unpaired) electrons. The molecule has 0 aliphatic heterocycles. The number of thioether (sulfide) groups is 1. The maximum absolute atomic E-state index is 13.5. The van der Waals surface area contributed by atoms with E-state index in [0.29, 0.717) is 5.56 Å². The fourth-order valence-corrected chi connectivity index (χ4v) is 2.79. The van der Waals surface area contributed by atoms with E-state index in [1.165, 1.54) is 12.1 Å². The van der Waals surface area contributed by atoms with Crippen LogP contribution in [0.4, 0.5) is 9.18 Å². The van der Waals surface area contributed by atoms with Crippen LogP contribution in [0.2, 0.25) is 5.02 Å². The summed E-state index contributed by atoms with van der Waals surface area (Å²) in [6, 6.07) is 3.16. The first-order valence-corrected chi connectivity index (χ1v) is 8.71. The summed E-state index contributed by atoms with van der Waals surface area (Å²) in [5.41, 5.74) is 0.466. The number of hydrogen-bond acceptors (Lipinski definition) is 3. The zero-order chi connectivity index (χ0) is 16.5. The van der Waals surface area contributed by atoms with Gasteiger partial charge in [0, 0.05) is 6.04 Å². The van der Waals surface area contributed by atoms with Gasteiger partial charge in [0.15, 0.2) is 0 Å². The van der Waals surface area contributed by atoms with E-state index in [4.69, 9.17) is 11.6 Å². The number of hydrogen-bond donors (Lipinski definition) is 3. The molecule has 1 rings (SSSR count). The summed E-state index contributed by atoms with van der Waals surface area (Å²) in [7, 11) is 0. The lowest BCUT2D eigenvalue weighted by Crippen LogP contribution is -2.43. The third-order valence-corrected chi connectivity index (χ3v) is 4.35. The van der Waals surface area contributed by atoms with Gasteiger partial charge < -0.3 is 15.7 Å². The fraction of sp³-hybridized carbons (Fsp3) is 0.533. The number of aliphatic hydroxyl groups is 1. The second kappa shape index (κ2) is 9.92. The van der Waals surface area contributed by atoms with Crippen molar-refractivity contribution in [1.82, 2.24) is 10.6 Å². The van der Waals surface area contributed by atoms with Crippen LogP contribution in [0.1, 0.15) is 31.9 Å². The maximum Gasteiger partial charge on any atom is 0.315 e. The summed E-state index contributed by atoms with van der Waals surface area (Å²) in [6.07, 6.45) is 0.866. The molecule has 124 valence electrons. The molecular formula is C15H22ClFN2O2S. The van der Waals surface area contributed by atoms with Crippen molar-refractivity contribution in [2.24, 2.45) is 0 Å². The molecule has 0 aliphatic carbocycles. The molecule has 0 bridgehead atoms. The molecule has 0 spiro atoms. The third-order valence-electron chi connectivity index (χ3n) is 3.11. The molecule has 0 saturated carbocycles. The average Bonchev–Trinajstić information content (AvgIpc) is 2.48. The predicted molar refractivity (Wildman–Crippen MR) is 90.0 cm³/mol. The molecule has 0 fully saturated rings. The molecule has 1 aromatic carbocycles. The van der Waals surface area contributed by atoms with Crippen LogP contribution in [0, 0.1) is 5.82 Å². The first kappa shape index (κ1) is 19.1. The number of aliphatic hydroxyl groups excluding tert-OH is 1. The Kier molecular flexibility index (Phi) is 8.60. The Hall–Kier alpha value is -0.980. The molecule has 1 aromatic rings. The van der Waals surface area contributed by atoms with E-state index in [9.17, 15) is 14.3 Å². The molecule has 0 heterocycles. The van der Waals surface area contributed by atoms with E-state index in [1.54, 1.807) is 6.07 Å². The van der Waals surface area contributed by atoms with E-state index in [1.807, 2.05) is 18.7 Å². The van der Waals surface area contributed by atoms with Crippen LogP contribution in [0.5, 0.6) is 0 Å². The molecule has 2 atom stereocenters. The summed E-state index contributed by atoms with van der Waals surface area (Å²) in [6.45, 7) is 3.69. The monoisotopic (exact) mass is 348 g/mol. The number of nitrogens with one attached hydrogen (secondary N) is 2. The van der Waals surface area contributed by atoms with Crippen LogP contribution in [0.15, 0.2) is 18.2 Å². The second-order valence-corrected chi connectivity index (χ2v) is 6.71. The summed E-state index contributed by atoms with van der Waals surface area (Å²) in [5, 5.41) is 14.8. The van der Waals surface area contributed by atoms with Crippen molar-refractivity contribution in [1.29, 1.82) is 0 Å². The Morgan fingerprint density at radius 3 is 2.77 bits per heavy atom. The van der Waals surface area contributed by atoms with Crippen molar-refractivity contribution in [3.63, 3.8) is 0 Å². The van der Waals surface area contributed by atoms with Gasteiger partial charge in [-0.3, -0.25) is 0 Å². The Morgan fingerprint density at radius 1 is 1.45 bits per heavy atom. The third kappa shape index (κ3) is 6.42. The zero-order valence-corrected chi connectivity index (χ0v) is 14.3. The maximum atomic E-state index is 13.5. The van der Waals surface area contributed by atoms with Crippen molar-refractivity contribution in [2.45, 2.75) is 32.4 Å². The summed E-state index contributed by atoms with van der Waals surface area (Å²) in [4.78, 5) is 11.9. The average molecular weight is 349 g/mol. The quantitative estimate of drug-likeness (QED) is 0.631. The number of urea groups is 1. The minimum Gasteiger partial charge on any atom is -0.394 e. The van der Waals surface area contributed by atoms with Gasteiger partial charge in [0.25, 0.3) is 0 Å². The van der Waals surface area contributed by atoms with Crippen LogP contribution in [0.25, 0.3) is 0 Å². The first-order valence-electron chi connectivity index (χ1n) is 7.18. The zero-order valence-electron chi connectivity index (χ0n) is 12.7. The minimum absolute atomic E-state index is 0.00642. The highest BCUT2D eigenvalue weighted by atomic mass is 35.5. The van der Waals surface area contributed by atoms with Gasteiger partial charge in [0.1, 0.15) is 5.82 Å². The highest BCUT2D eigenvalue weighted by Gasteiger charge is 2.16. The predicted octanol–water partition coefficient (Wildman–Crippen LogP) is 3.34. The van der Waals surface area contributed by atoms with Crippen LogP contribution >= 0.6 is 23.4 Å². The normalized spacial score (nSPS) is 13.5. The standard InChI is InChI=1S/C15H22ClFN2O2S/c1-3-22-7-6-10(2)18-15(21)19-14(9-20)11-4-5-12(16)13(17)8-11/h4-5,8,10,14,20H,3,6-7,9H2,1-2H3,(H2,18,19,21). The van der Waals surface area contributed by atoms with Gasteiger partial charge in [-0.1, -0.05) is 24.6 Å². The minimum atomic E-state index is -0.677. The van der Waals surface area contributed by atoms with Gasteiger partial charge in [-0.25, -0.2) is 9.18 Å². The number of carbonyl (C=O) groups is 1. The lowest BCUT2D eigenvalue weighted by molar-refractivity contribution is 0.214. The van der Waals surface area contributed by atoms with Crippen LogP contribution in [-0.2, 0) is 0 Å². The van der Waals surface area contributed by atoms with Gasteiger partial charge >= 0.3 is 6.03 Å². The van der Waals surface area contributed by atoms with E-state index < -0.39 is 11.9 Å². The van der Waals surface area contributed by atoms with Crippen LogP contribution in [-0.4, -0.2) is 35.3 Å². The molecule has 4 nitrogen and oxygen atoms in total. The molecule has 0 saturated heterocycles. The second-order valence-electron chi connectivity index (χ2n) is 4.91. The van der Waals surface area contributed by atoms with Crippen LogP contribution in [0.3, 0.4) is 0 Å². The first-order chi connectivity index (χ1) is 10.5. The molecular weight excluding hydrogens is 327 g/mol. The summed E-state index contributed by atoms with van der Waals surface area (Å²) in [5.74, 6) is 1.45. The molecule has 2 unspecified atom stereocenters. The fourth-order valence-electron chi connectivity index (χ4n) is 1.86. The lowest BCUT2D eigenvalue weighted by atomic mass is 10.1. The van der Waals surface area contributed by atoms with Crippen molar-refractivity contribution in [2.75, 3.05) is 18.1 Å². The summed E-state index contributed by atoms with van der Waals surface area (Å²) >= 11 is 7.44. The number of benzene rings is 1. The number of rotatable bonds is 8. The van der Waals surface area contributed by atoms with Gasteiger partial charge in [0.05, 0.1) is 17.7 Å². The van der Waals surface area contributed by atoms with Gasteiger partial charge in [-0.2, -0.15) is 11.8 Å². The molecule has 0 aliphatic rings. The molecule has 0 aromatic heterocycles. The molecule has 7 heteroatoms. The Bertz CT molecular complexity index is 491. The lowest BCUT2D eigenvalue weighted by Gasteiger charge is -2.20.